The average molecular weight is 265 g/mol. The largest absolute Gasteiger partial charge is 0.341 e. The molecule has 96 valence electrons. The topological polar surface area (TPSA) is 57.6 Å². The first-order valence-electron chi connectivity index (χ1n) is 5.66. The minimum absolute atomic E-state index is 0.233. The van der Waals surface area contributed by atoms with Crippen LogP contribution in [0.3, 0.4) is 0 Å². The second-order valence-electron chi connectivity index (χ2n) is 4.17. The van der Waals surface area contributed by atoms with E-state index in [1.54, 1.807) is 0 Å². The van der Waals surface area contributed by atoms with E-state index in [-0.39, 0.29) is 5.75 Å². The van der Waals surface area contributed by atoms with Crippen LogP contribution in [0.2, 0.25) is 0 Å². The van der Waals surface area contributed by atoms with Crippen molar-refractivity contribution in [3.8, 4) is 0 Å². The normalized spacial score (nSPS) is 14.7. The third-order valence-corrected chi connectivity index (χ3v) is 3.62. The molecule has 18 heavy (non-hydrogen) atoms. The van der Waals surface area contributed by atoms with Gasteiger partial charge in [0.1, 0.15) is 0 Å². The molecule has 1 aromatic carbocycles. The molecule has 0 aromatic heterocycles. The number of para-hydroxylation sites is 1. The first-order valence-corrected chi connectivity index (χ1v) is 7.27. The van der Waals surface area contributed by atoms with Crippen LogP contribution in [0.15, 0.2) is 42.6 Å². The highest BCUT2D eigenvalue weighted by atomic mass is 32.2. The molecule has 1 aliphatic rings. The molecule has 0 aliphatic carbocycles. The van der Waals surface area contributed by atoms with E-state index in [1.165, 1.54) is 0 Å². The maximum Gasteiger partial charge on any atom is 0.264 e. The monoisotopic (exact) mass is 265 g/mol. The number of benzene rings is 1. The van der Waals surface area contributed by atoms with Crippen LogP contribution in [-0.4, -0.2) is 25.3 Å². The summed E-state index contributed by atoms with van der Waals surface area (Å²) < 4.78 is 30.1. The highest BCUT2D eigenvalue weighted by Crippen LogP contribution is 2.29. The first kappa shape index (κ1) is 12.9. The van der Waals surface area contributed by atoms with Gasteiger partial charge in [-0.3, -0.25) is 4.55 Å². The van der Waals surface area contributed by atoms with E-state index in [0.29, 0.717) is 13.0 Å². The fraction of sp³-hybridized carbons (Fsp3) is 0.231. The average Bonchev–Trinajstić information content (AvgIpc) is 2.31. The summed E-state index contributed by atoms with van der Waals surface area (Å²) in [4.78, 5) is 1.96. The second-order valence-corrected chi connectivity index (χ2v) is 5.75. The van der Waals surface area contributed by atoms with Crippen molar-refractivity contribution in [2.75, 3.05) is 17.2 Å². The van der Waals surface area contributed by atoms with E-state index in [9.17, 15) is 8.42 Å². The highest BCUT2D eigenvalue weighted by Gasteiger charge is 2.16. The predicted octanol–water partition coefficient (Wildman–Crippen LogP) is 2.31. The van der Waals surface area contributed by atoms with Gasteiger partial charge in [-0.15, -0.1) is 0 Å². The van der Waals surface area contributed by atoms with Crippen molar-refractivity contribution < 1.29 is 13.0 Å². The molecule has 5 heteroatoms. The van der Waals surface area contributed by atoms with Gasteiger partial charge in [0.25, 0.3) is 10.1 Å². The maximum atomic E-state index is 10.7. The molecule has 2 rings (SSSR count). The maximum absolute atomic E-state index is 10.7. The Hall–Kier alpha value is -1.59. The van der Waals surface area contributed by atoms with Crippen molar-refractivity contribution in [1.82, 2.24) is 0 Å². The Labute approximate surface area is 107 Å². The third kappa shape index (κ3) is 3.00. The Morgan fingerprint density at radius 3 is 2.67 bits per heavy atom. The van der Waals surface area contributed by atoms with Gasteiger partial charge in [0.15, 0.2) is 0 Å². The van der Waals surface area contributed by atoms with Gasteiger partial charge in [0.05, 0.1) is 5.75 Å². The van der Waals surface area contributed by atoms with Gasteiger partial charge in [-0.05, 0) is 24.1 Å². The lowest BCUT2D eigenvalue weighted by Crippen LogP contribution is -2.26. The van der Waals surface area contributed by atoms with Gasteiger partial charge < -0.3 is 4.90 Å². The standard InChI is InChI=1S/C13H15NO3S/c1-11-7-8-12-5-2-3-6-13(12)14(11)9-4-10-18(15,16)17/h2-3,5-8H,1,4,9-10H2,(H,15,16,17). The van der Waals surface area contributed by atoms with E-state index >= 15 is 0 Å². The van der Waals surface area contributed by atoms with E-state index in [1.807, 2.05) is 41.3 Å². The van der Waals surface area contributed by atoms with Crippen LogP contribution in [0.5, 0.6) is 0 Å². The fourth-order valence-corrected chi connectivity index (χ4v) is 2.47. The van der Waals surface area contributed by atoms with Gasteiger partial charge >= 0.3 is 0 Å². The van der Waals surface area contributed by atoms with Crippen LogP contribution < -0.4 is 4.90 Å². The van der Waals surface area contributed by atoms with Crippen molar-refractivity contribution in [3.63, 3.8) is 0 Å². The molecule has 0 amide bonds. The zero-order valence-corrected chi connectivity index (χ0v) is 10.7. The van der Waals surface area contributed by atoms with E-state index < -0.39 is 10.1 Å². The Balaban J connectivity index is 2.13. The van der Waals surface area contributed by atoms with Crippen LogP contribution in [0.4, 0.5) is 5.69 Å². The highest BCUT2D eigenvalue weighted by molar-refractivity contribution is 7.85. The number of anilines is 1. The lowest BCUT2D eigenvalue weighted by Gasteiger charge is -2.29. The van der Waals surface area contributed by atoms with Gasteiger partial charge in [-0.25, -0.2) is 0 Å². The Morgan fingerprint density at radius 1 is 1.22 bits per heavy atom. The summed E-state index contributed by atoms with van der Waals surface area (Å²) >= 11 is 0. The summed E-state index contributed by atoms with van der Waals surface area (Å²) in [6.45, 7) is 4.45. The second kappa shape index (κ2) is 4.96. The zero-order valence-electron chi connectivity index (χ0n) is 9.91. The number of rotatable bonds is 4. The summed E-state index contributed by atoms with van der Waals surface area (Å²) in [5.41, 5.74) is 2.92. The smallest absolute Gasteiger partial charge is 0.264 e. The van der Waals surface area contributed by atoms with Crippen LogP contribution in [0.25, 0.3) is 6.08 Å². The molecule has 0 radical (unpaired) electrons. The molecule has 1 aromatic rings. The van der Waals surface area contributed by atoms with Gasteiger partial charge in [-0.1, -0.05) is 30.9 Å². The molecule has 1 aliphatic heterocycles. The minimum atomic E-state index is -3.89. The van der Waals surface area contributed by atoms with Crippen LogP contribution in [0.1, 0.15) is 12.0 Å². The quantitative estimate of drug-likeness (QED) is 0.849. The Kier molecular flexibility index (Phi) is 3.54. The van der Waals surface area contributed by atoms with Gasteiger partial charge in [-0.2, -0.15) is 8.42 Å². The molecule has 0 bridgehead atoms. The summed E-state index contributed by atoms with van der Waals surface area (Å²) in [6, 6.07) is 7.85. The molecule has 0 atom stereocenters. The molecular formula is C13H15NO3S. The molecule has 0 spiro atoms. The molecule has 1 heterocycles. The fourth-order valence-electron chi connectivity index (χ4n) is 1.97. The Morgan fingerprint density at radius 2 is 1.94 bits per heavy atom. The van der Waals surface area contributed by atoms with Crippen molar-refractivity contribution >= 4 is 21.9 Å². The lowest BCUT2D eigenvalue weighted by atomic mass is 10.1. The molecular weight excluding hydrogens is 250 g/mol. The van der Waals surface area contributed by atoms with Crippen LogP contribution in [-0.2, 0) is 10.1 Å². The predicted molar refractivity (Wildman–Crippen MR) is 73.0 cm³/mol. The van der Waals surface area contributed by atoms with E-state index in [0.717, 1.165) is 16.9 Å². The molecule has 0 fully saturated rings. The van der Waals surface area contributed by atoms with Crippen molar-refractivity contribution in [1.29, 1.82) is 0 Å². The van der Waals surface area contributed by atoms with Crippen molar-refractivity contribution in [2.24, 2.45) is 0 Å². The third-order valence-electron chi connectivity index (χ3n) is 2.81. The number of allylic oxidation sites excluding steroid dienone is 1. The summed E-state index contributed by atoms with van der Waals surface area (Å²) in [7, 11) is -3.89. The molecule has 1 N–H and O–H groups in total. The molecule has 0 saturated heterocycles. The van der Waals surface area contributed by atoms with E-state index in [4.69, 9.17) is 4.55 Å². The van der Waals surface area contributed by atoms with E-state index in [2.05, 4.69) is 6.58 Å². The van der Waals surface area contributed by atoms with Gasteiger partial charge in [0.2, 0.25) is 0 Å². The first-order chi connectivity index (χ1) is 8.47. The summed E-state index contributed by atoms with van der Waals surface area (Å²) in [6.07, 6.45) is 4.24. The molecule has 4 nitrogen and oxygen atoms in total. The molecule has 0 saturated carbocycles. The summed E-state index contributed by atoms with van der Waals surface area (Å²) in [5.74, 6) is -0.233. The Bertz CT molecular complexity index is 590. The van der Waals surface area contributed by atoms with Crippen molar-refractivity contribution in [3.05, 3.63) is 48.2 Å². The SMILES string of the molecule is C=C1C=Cc2ccccc2N1CCCS(=O)(=O)O. The molecule has 0 unspecified atom stereocenters. The zero-order chi connectivity index (χ0) is 13.2. The number of nitrogens with zero attached hydrogens (tertiary/aromatic N) is 1. The van der Waals surface area contributed by atoms with Crippen LogP contribution >= 0.6 is 0 Å². The summed E-state index contributed by atoms with van der Waals surface area (Å²) in [5, 5.41) is 0. The van der Waals surface area contributed by atoms with Crippen molar-refractivity contribution in [2.45, 2.75) is 6.42 Å². The number of hydrogen-bond donors (Lipinski definition) is 1. The number of hydrogen-bond acceptors (Lipinski definition) is 3. The van der Waals surface area contributed by atoms with Crippen LogP contribution in [0, 0.1) is 0 Å². The minimum Gasteiger partial charge on any atom is -0.341 e. The van der Waals surface area contributed by atoms with Gasteiger partial charge in [0, 0.05) is 17.9 Å². The lowest BCUT2D eigenvalue weighted by molar-refractivity contribution is 0.481. The number of fused-ring (bicyclic) bond motifs is 1.